The zero-order valence-electron chi connectivity index (χ0n) is 12.7. The number of hydrogen-bond donors (Lipinski definition) is 1. The van der Waals surface area contributed by atoms with Gasteiger partial charge in [-0.3, -0.25) is 4.79 Å². The smallest absolute Gasteiger partial charge is 0.387 e. The third kappa shape index (κ3) is 4.91. The van der Waals surface area contributed by atoms with Crippen molar-refractivity contribution in [1.29, 1.82) is 0 Å². The third-order valence-corrected chi connectivity index (χ3v) is 4.60. The normalized spacial score (nSPS) is 19.4. The molecule has 0 radical (unpaired) electrons. The van der Waals surface area contributed by atoms with Gasteiger partial charge in [-0.2, -0.15) is 8.78 Å². The Balaban J connectivity index is 1.87. The highest BCUT2D eigenvalue weighted by molar-refractivity contribution is 7.14. The van der Waals surface area contributed by atoms with Crippen LogP contribution in [0, 0.1) is 6.92 Å². The molecule has 0 spiro atoms. The third-order valence-electron chi connectivity index (χ3n) is 3.57. The van der Waals surface area contributed by atoms with Crippen molar-refractivity contribution < 1.29 is 23.0 Å². The highest BCUT2D eigenvalue weighted by Gasteiger charge is 2.21. The molecule has 0 aliphatic carbocycles. The number of hydrogen-bond acceptors (Lipinski definition) is 4. The van der Waals surface area contributed by atoms with E-state index in [9.17, 15) is 13.6 Å². The van der Waals surface area contributed by atoms with Gasteiger partial charge < -0.3 is 14.8 Å². The largest absolute Gasteiger partial charge is 0.433 e. The highest BCUT2D eigenvalue weighted by atomic mass is 32.1. The number of rotatable bonds is 7. The van der Waals surface area contributed by atoms with E-state index >= 15 is 0 Å². The molecule has 0 unspecified atom stereocenters. The molecule has 0 saturated carbocycles. The molecule has 0 bridgehead atoms. The summed E-state index contributed by atoms with van der Waals surface area (Å²) in [7, 11) is 0. The van der Waals surface area contributed by atoms with Gasteiger partial charge >= 0.3 is 6.61 Å². The van der Waals surface area contributed by atoms with Gasteiger partial charge in [-0.1, -0.05) is 0 Å². The minimum Gasteiger partial charge on any atom is -0.433 e. The lowest BCUT2D eigenvalue weighted by Gasteiger charge is -2.16. The summed E-state index contributed by atoms with van der Waals surface area (Å²) < 4.78 is 34.7. The van der Waals surface area contributed by atoms with Crippen LogP contribution in [-0.2, 0) is 4.74 Å². The summed E-state index contributed by atoms with van der Waals surface area (Å²) in [5.74, 6) is -0.421. The highest BCUT2D eigenvalue weighted by Crippen LogP contribution is 2.30. The number of thiophene rings is 1. The first-order chi connectivity index (χ1) is 10.5. The summed E-state index contributed by atoms with van der Waals surface area (Å²) in [6, 6.07) is 1.42. The molecular formula is C15H21F2NO3S. The zero-order valence-corrected chi connectivity index (χ0v) is 13.6. The van der Waals surface area contributed by atoms with E-state index in [2.05, 4.69) is 10.1 Å². The Bertz CT molecular complexity index is 501. The second-order valence-corrected chi connectivity index (χ2v) is 6.77. The van der Waals surface area contributed by atoms with Gasteiger partial charge in [-0.15, -0.1) is 11.3 Å². The molecule has 1 aliphatic heterocycles. The van der Waals surface area contributed by atoms with Gasteiger partial charge in [-0.25, -0.2) is 0 Å². The van der Waals surface area contributed by atoms with Crippen molar-refractivity contribution in [2.24, 2.45) is 0 Å². The molecule has 1 aromatic rings. The van der Waals surface area contributed by atoms with E-state index in [1.165, 1.54) is 6.07 Å². The summed E-state index contributed by atoms with van der Waals surface area (Å²) in [5, 5.41) is 2.84. The fourth-order valence-electron chi connectivity index (χ4n) is 2.50. The van der Waals surface area contributed by atoms with Crippen LogP contribution in [0.5, 0.6) is 5.75 Å². The molecule has 1 aliphatic rings. The van der Waals surface area contributed by atoms with Crippen LogP contribution in [0.25, 0.3) is 0 Å². The molecule has 2 rings (SSSR count). The van der Waals surface area contributed by atoms with Crippen LogP contribution in [0.3, 0.4) is 0 Å². The van der Waals surface area contributed by atoms with E-state index in [0.29, 0.717) is 0 Å². The molecule has 7 heteroatoms. The summed E-state index contributed by atoms with van der Waals surface area (Å²) in [4.78, 5) is 13.2. The van der Waals surface area contributed by atoms with Crippen molar-refractivity contribution in [2.75, 3.05) is 6.61 Å². The average molecular weight is 333 g/mol. The van der Waals surface area contributed by atoms with E-state index in [4.69, 9.17) is 4.74 Å². The van der Waals surface area contributed by atoms with Gasteiger partial charge in [0.1, 0.15) is 10.6 Å². The van der Waals surface area contributed by atoms with E-state index in [0.717, 1.165) is 48.5 Å². The van der Waals surface area contributed by atoms with Crippen LogP contribution in [0.2, 0.25) is 0 Å². The quantitative estimate of drug-likeness (QED) is 0.827. The number of halogens is 2. The maximum Gasteiger partial charge on any atom is 0.387 e. The summed E-state index contributed by atoms with van der Waals surface area (Å²) >= 11 is 1.15. The summed E-state index contributed by atoms with van der Waals surface area (Å²) in [5.41, 5.74) is 0. The summed E-state index contributed by atoms with van der Waals surface area (Å²) in [6.07, 6.45) is 4.13. The number of carbonyl (C=O) groups excluding carboxylic acids is 1. The fraction of sp³-hybridized carbons (Fsp3) is 0.667. The predicted molar refractivity (Wildman–Crippen MR) is 80.8 cm³/mol. The molecule has 1 amide bonds. The molecule has 4 nitrogen and oxygen atoms in total. The van der Waals surface area contributed by atoms with Gasteiger partial charge in [0.05, 0.1) is 6.10 Å². The molecule has 2 heterocycles. The van der Waals surface area contributed by atoms with E-state index in [1.807, 2.05) is 6.92 Å². The topological polar surface area (TPSA) is 47.6 Å². The van der Waals surface area contributed by atoms with Gasteiger partial charge in [0.2, 0.25) is 0 Å². The van der Waals surface area contributed by atoms with Gasteiger partial charge in [0.25, 0.3) is 5.91 Å². The van der Waals surface area contributed by atoms with Crippen LogP contribution in [0.15, 0.2) is 6.07 Å². The lowest BCUT2D eigenvalue weighted by Crippen LogP contribution is -2.33. The van der Waals surface area contributed by atoms with Crippen LogP contribution >= 0.6 is 11.3 Å². The fourth-order valence-corrected chi connectivity index (χ4v) is 3.35. The monoisotopic (exact) mass is 333 g/mol. The number of ether oxygens (including phenoxy) is 2. The predicted octanol–water partition coefficient (Wildman–Crippen LogP) is 3.74. The first kappa shape index (κ1) is 17.1. The van der Waals surface area contributed by atoms with Gasteiger partial charge in [0, 0.05) is 17.5 Å². The maximum absolute atomic E-state index is 12.4. The number of carbonyl (C=O) groups is 1. The van der Waals surface area contributed by atoms with Crippen molar-refractivity contribution in [1.82, 2.24) is 5.32 Å². The Labute approximate surface area is 132 Å². The van der Waals surface area contributed by atoms with Crippen LogP contribution in [0.4, 0.5) is 8.78 Å². The minimum atomic E-state index is -2.93. The Morgan fingerprint density at radius 2 is 2.36 bits per heavy atom. The molecule has 2 atom stereocenters. The van der Waals surface area contributed by atoms with Crippen molar-refractivity contribution in [2.45, 2.75) is 58.3 Å². The van der Waals surface area contributed by atoms with Gasteiger partial charge in [0.15, 0.2) is 0 Å². The lowest BCUT2D eigenvalue weighted by atomic mass is 10.1. The van der Waals surface area contributed by atoms with Crippen molar-refractivity contribution in [3.8, 4) is 5.75 Å². The number of amides is 1. The minimum absolute atomic E-state index is 0.0430. The lowest BCUT2D eigenvalue weighted by molar-refractivity contribution is -0.0498. The number of alkyl halides is 2. The SMILES string of the molecule is Cc1cc(OC(F)F)c(C(=O)N[C@H](C)CC[C@@H]2CCCO2)s1. The van der Waals surface area contributed by atoms with E-state index in [-0.39, 0.29) is 28.7 Å². The van der Waals surface area contributed by atoms with E-state index < -0.39 is 6.61 Å². The molecule has 0 aromatic carbocycles. The average Bonchev–Trinajstić information content (AvgIpc) is 3.05. The van der Waals surface area contributed by atoms with E-state index in [1.54, 1.807) is 6.92 Å². The second-order valence-electron chi connectivity index (χ2n) is 5.52. The summed E-state index contributed by atoms with van der Waals surface area (Å²) in [6.45, 7) is 1.54. The van der Waals surface area contributed by atoms with Crippen LogP contribution in [0.1, 0.15) is 47.2 Å². The molecule has 1 saturated heterocycles. The molecule has 1 N–H and O–H groups in total. The van der Waals surface area contributed by atoms with Crippen LogP contribution in [-0.4, -0.2) is 31.3 Å². The molecular weight excluding hydrogens is 312 g/mol. The Kier molecular flexibility index (Phi) is 6.14. The van der Waals surface area contributed by atoms with Crippen LogP contribution < -0.4 is 10.1 Å². The Morgan fingerprint density at radius 1 is 1.59 bits per heavy atom. The van der Waals surface area contributed by atoms with Gasteiger partial charge in [-0.05, 0) is 45.6 Å². The first-order valence-electron chi connectivity index (χ1n) is 7.43. The zero-order chi connectivity index (χ0) is 16.1. The standard InChI is InChI=1S/C15H21F2NO3S/c1-9(5-6-11-4-3-7-20-11)18-14(19)13-12(21-15(16)17)8-10(2)22-13/h8-9,11,15H,3-7H2,1-2H3,(H,18,19)/t9-,11+/m1/s1. The van der Waals surface area contributed by atoms with Crippen molar-refractivity contribution in [3.63, 3.8) is 0 Å². The maximum atomic E-state index is 12.4. The number of nitrogens with one attached hydrogen (secondary N) is 1. The second kappa shape index (κ2) is 7.87. The van der Waals surface area contributed by atoms with Crippen molar-refractivity contribution in [3.05, 3.63) is 15.8 Å². The Morgan fingerprint density at radius 3 is 3.00 bits per heavy atom. The number of aryl methyl sites for hydroxylation is 1. The molecule has 124 valence electrons. The molecule has 1 aromatic heterocycles. The molecule has 22 heavy (non-hydrogen) atoms. The molecule has 1 fully saturated rings. The Hall–Kier alpha value is -1.21. The van der Waals surface area contributed by atoms with Crippen molar-refractivity contribution >= 4 is 17.2 Å². The first-order valence-corrected chi connectivity index (χ1v) is 8.25.